The van der Waals surface area contributed by atoms with Gasteiger partial charge in [-0.3, -0.25) is 4.79 Å². The maximum atomic E-state index is 13.5. The van der Waals surface area contributed by atoms with Crippen LogP contribution in [-0.4, -0.2) is 17.3 Å². The van der Waals surface area contributed by atoms with Gasteiger partial charge >= 0.3 is 0 Å². The fourth-order valence-corrected chi connectivity index (χ4v) is 2.35. The van der Waals surface area contributed by atoms with Gasteiger partial charge in [0.05, 0.1) is 11.1 Å². The number of nitrogens with one attached hydrogen (secondary N) is 1. The Hall–Kier alpha value is -1.09. The van der Waals surface area contributed by atoms with Gasteiger partial charge < -0.3 is 5.32 Å². The molecule has 1 aliphatic carbocycles. The number of rotatable bonds is 3. The van der Waals surface area contributed by atoms with Crippen molar-refractivity contribution in [2.24, 2.45) is 0 Å². The van der Waals surface area contributed by atoms with Crippen LogP contribution in [0.5, 0.6) is 0 Å². The van der Waals surface area contributed by atoms with E-state index in [0.717, 1.165) is 24.8 Å². The summed E-state index contributed by atoms with van der Waals surface area (Å²) in [5.74, 6) is -0.477. The SMILES string of the molecule is Cc1ccc(F)c(C(=O)NC2(CCl)CCC2)c1. The second-order valence-electron chi connectivity index (χ2n) is 4.70. The zero-order chi connectivity index (χ0) is 12.5. The summed E-state index contributed by atoms with van der Waals surface area (Å²) in [6, 6.07) is 4.52. The first-order valence-corrected chi connectivity index (χ1v) is 6.24. The molecular weight excluding hydrogens is 241 g/mol. The van der Waals surface area contributed by atoms with Crippen LogP contribution < -0.4 is 5.32 Å². The van der Waals surface area contributed by atoms with Crippen molar-refractivity contribution < 1.29 is 9.18 Å². The molecule has 0 radical (unpaired) electrons. The number of halogens is 2. The normalized spacial score (nSPS) is 17.4. The number of hydrogen-bond acceptors (Lipinski definition) is 1. The molecule has 1 amide bonds. The minimum atomic E-state index is -0.489. The Labute approximate surface area is 105 Å². The Morgan fingerprint density at radius 1 is 1.53 bits per heavy atom. The van der Waals surface area contributed by atoms with Crippen LogP contribution in [0.1, 0.15) is 35.2 Å². The number of carbonyl (C=O) groups is 1. The third-order valence-electron chi connectivity index (χ3n) is 3.31. The Balaban J connectivity index is 2.17. The third-order valence-corrected chi connectivity index (χ3v) is 3.82. The minimum absolute atomic E-state index is 0.0985. The largest absolute Gasteiger partial charge is 0.345 e. The third kappa shape index (κ3) is 2.44. The Kier molecular flexibility index (Phi) is 3.38. The van der Waals surface area contributed by atoms with Crippen molar-refractivity contribution in [1.82, 2.24) is 5.32 Å². The smallest absolute Gasteiger partial charge is 0.254 e. The standard InChI is InChI=1S/C13H15ClFNO/c1-9-3-4-11(15)10(7-9)12(17)16-13(8-14)5-2-6-13/h3-4,7H,2,5-6,8H2,1H3,(H,16,17). The van der Waals surface area contributed by atoms with E-state index in [1.807, 2.05) is 6.92 Å². The monoisotopic (exact) mass is 255 g/mol. The number of hydrogen-bond donors (Lipinski definition) is 1. The molecule has 1 N–H and O–H groups in total. The van der Waals surface area contributed by atoms with Crippen LogP contribution in [0.25, 0.3) is 0 Å². The van der Waals surface area contributed by atoms with Gasteiger partial charge in [-0.05, 0) is 38.3 Å². The number of amides is 1. The van der Waals surface area contributed by atoms with Gasteiger partial charge in [0.15, 0.2) is 0 Å². The Morgan fingerprint density at radius 2 is 2.24 bits per heavy atom. The van der Waals surface area contributed by atoms with Crippen molar-refractivity contribution in [3.05, 3.63) is 35.1 Å². The minimum Gasteiger partial charge on any atom is -0.345 e. The summed E-state index contributed by atoms with van der Waals surface area (Å²) in [7, 11) is 0. The molecule has 0 aliphatic heterocycles. The molecule has 17 heavy (non-hydrogen) atoms. The van der Waals surface area contributed by atoms with E-state index in [1.165, 1.54) is 6.07 Å². The molecule has 0 bridgehead atoms. The van der Waals surface area contributed by atoms with E-state index in [0.29, 0.717) is 5.88 Å². The fourth-order valence-electron chi connectivity index (χ4n) is 2.02. The van der Waals surface area contributed by atoms with E-state index in [-0.39, 0.29) is 17.0 Å². The second-order valence-corrected chi connectivity index (χ2v) is 4.97. The molecule has 0 spiro atoms. The summed E-state index contributed by atoms with van der Waals surface area (Å²) in [6.07, 6.45) is 2.80. The number of carbonyl (C=O) groups excluding carboxylic acids is 1. The van der Waals surface area contributed by atoms with E-state index in [9.17, 15) is 9.18 Å². The lowest BCUT2D eigenvalue weighted by Gasteiger charge is -2.41. The molecule has 4 heteroatoms. The second kappa shape index (κ2) is 4.65. The summed E-state index contributed by atoms with van der Waals surface area (Å²) in [4.78, 5) is 12.0. The molecule has 1 aromatic rings. The van der Waals surface area contributed by atoms with E-state index < -0.39 is 5.82 Å². The highest BCUT2D eigenvalue weighted by molar-refractivity contribution is 6.19. The molecule has 0 heterocycles. The molecule has 1 fully saturated rings. The van der Waals surface area contributed by atoms with E-state index in [2.05, 4.69) is 5.32 Å². The molecule has 1 aromatic carbocycles. The van der Waals surface area contributed by atoms with Crippen molar-refractivity contribution in [3.8, 4) is 0 Å². The molecule has 0 aromatic heterocycles. The molecule has 0 unspecified atom stereocenters. The van der Waals surface area contributed by atoms with Gasteiger partial charge in [-0.2, -0.15) is 0 Å². The average molecular weight is 256 g/mol. The van der Waals surface area contributed by atoms with Gasteiger partial charge in [-0.15, -0.1) is 11.6 Å². The van der Waals surface area contributed by atoms with Crippen LogP contribution in [0.4, 0.5) is 4.39 Å². The molecule has 1 saturated carbocycles. The van der Waals surface area contributed by atoms with E-state index in [4.69, 9.17) is 11.6 Å². The molecule has 0 atom stereocenters. The first-order valence-electron chi connectivity index (χ1n) is 5.71. The van der Waals surface area contributed by atoms with Gasteiger partial charge in [-0.25, -0.2) is 4.39 Å². The van der Waals surface area contributed by atoms with Crippen LogP contribution in [0, 0.1) is 12.7 Å². The first-order chi connectivity index (χ1) is 8.06. The van der Waals surface area contributed by atoms with Crippen molar-refractivity contribution in [2.75, 3.05) is 5.88 Å². The highest BCUT2D eigenvalue weighted by Gasteiger charge is 2.38. The summed E-state index contributed by atoms with van der Waals surface area (Å²) in [6.45, 7) is 1.83. The lowest BCUT2D eigenvalue weighted by Crippen LogP contribution is -2.55. The zero-order valence-electron chi connectivity index (χ0n) is 9.72. The van der Waals surface area contributed by atoms with E-state index >= 15 is 0 Å². The molecule has 0 saturated heterocycles. The number of benzene rings is 1. The maximum Gasteiger partial charge on any atom is 0.254 e. The van der Waals surface area contributed by atoms with Gasteiger partial charge in [0, 0.05) is 5.88 Å². The van der Waals surface area contributed by atoms with Crippen molar-refractivity contribution >= 4 is 17.5 Å². The van der Waals surface area contributed by atoms with Crippen molar-refractivity contribution in [2.45, 2.75) is 31.7 Å². The van der Waals surface area contributed by atoms with Gasteiger partial charge in [-0.1, -0.05) is 11.6 Å². The van der Waals surface area contributed by atoms with Gasteiger partial charge in [0.2, 0.25) is 0 Å². The number of alkyl halides is 1. The van der Waals surface area contributed by atoms with Crippen LogP contribution in [0.15, 0.2) is 18.2 Å². The van der Waals surface area contributed by atoms with Crippen LogP contribution in [-0.2, 0) is 0 Å². The summed E-state index contributed by atoms with van der Waals surface area (Å²) in [5, 5.41) is 2.85. The molecule has 2 rings (SSSR count). The van der Waals surface area contributed by atoms with Crippen molar-refractivity contribution in [1.29, 1.82) is 0 Å². The summed E-state index contributed by atoms with van der Waals surface area (Å²) in [5.41, 5.74) is 0.640. The Morgan fingerprint density at radius 3 is 2.76 bits per heavy atom. The first kappa shape index (κ1) is 12.4. The fraction of sp³-hybridized carbons (Fsp3) is 0.462. The highest BCUT2D eigenvalue weighted by Crippen LogP contribution is 2.33. The van der Waals surface area contributed by atoms with Gasteiger partial charge in [0.1, 0.15) is 5.82 Å². The quantitative estimate of drug-likeness (QED) is 0.827. The highest BCUT2D eigenvalue weighted by atomic mass is 35.5. The average Bonchev–Trinajstić information content (AvgIpc) is 2.26. The Bertz CT molecular complexity index is 438. The predicted octanol–water partition coefficient (Wildman–Crippen LogP) is 3.03. The summed E-state index contributed by atoms with van der Waals surface area (Å²) < 4.78 is 13.5. The molecule has 2 nitrogen and oxygen atoms in total. The van der Waals surface area contributed by atoms with E-state index in [1.54, 1.807) is 12.1 Å². The molecule has 1 aliphatic rings. The lowest BCUT2D eigenvalue weighted by atomic mass is 9.78. The molecular formula is C13H15ClFNO. The lowest BCUT2D eigenvalue weighted by molar-refractivity contribution is 0.0849. The summed E-state index contributed by atoms with van der Waals surface area (Å²) >= 11 is 5.85. The maximum absolute atomic E-state index is 13.5. The van der Waals surface area contributed by atoms with Crippen LogP contribution in [0.2, 0.25) is 0 Å². The van der Waals surface area contributed by atoms with Crippen LogP contribution in [0.3, 0.4) is 0 Å². The zero-order valence-corrected chi connectivity index (χ0v) is 10.5. The van der Waals surface area contributed by atoms with Gasteiger partial charge in [0.25, 0.3) is 5.91 Å². The number of aryl methyl sites for hydroxylation is 1. The van der Waals surface area contributed by atoms with Crippen LogP contribution >= 0.6 is 11.6 Å². The predicted molar refractivity (Wildman–Crippen MR) is 65.9 cm³/mol. The molecule has 92 valence electrons. The topological polar surface area (TPSA) is 29.1 Å². The van der Waals surface area contributed by atoms with Crippen molar-refractivity contribution in [3.63, 3.8) is 0 Å².